The van der Waals surface area contributed by atoms with Crippen molar-refractivity contribution in [3.63, 3.8) is 0 Å². The summed E-state index contributed by atoms with van der Waals surface area (Å²) in [6.45, 7) is 2.29. The van der Waals surface area contributed by atoms with Crippen LogP contribution in [0, 0.1) is 0 Å². The summed E-state index contributed by atoms with van der Waals surface area (Å²) in [4.78, 5) is 14.7. The molecule has 0 spiro atoms. The maximum Gasteiger partial charge on any atom is 0.253 e. The number of hydrogen-bond donors (Lipinski definition) is 0. The van der Waals surface area contributed by atoms with Gasteiger partial charge in [-0.15, -0.1) is 0 Å². The number of rotatable bonds is 4. The second-order valence-corrected chi connectivity index (χ2v) is 6.36. The highest BCUT2D eigenvalue weighted by Crippen LogP contribution is 2.15. The van der Waals surface area contributed by atoms with Gasteiger partial charge >= 0.3 is 0 Å². The molecule has 0 radical (unpaired) electrons. The van der Waals surface area contributed by atoms with Crippen molar-refractivity contribution in [1.82, 2.24) is 4.90 Å². The van der Waals surface area contributed by atoms with Crippen LogP contribution in [0.2, 0.25) is 0 Å². The van der Waals surface area contributed by atoms with Crippen LogP contribution in [0.15, 0.2) is 54.6 Å². The molecule has 0 aromatic heterocycles. The number of carbonyl (C=O) groups is 1. The van der Waals surface area contributed by atoms with Gasteiger partial charge in [-0.2, -0.15) is 0 Å². The summed E-state index contributed by atoms with van der Waals surface area (Å²) < 4.78 is 5.74. The largest absolute Gasteiger partial charge is 0.489 e. The molecule has 1 saturated heterocycles. The van der Waals surface area contributed by atoms with Crippen molar-refractivity contribution in [2.75, 3.05) is 13.1 Å². The highest BCUT2D eigenvalue weighted by atomic mass is 16.5. The number of amides is 1. The Kier molecular flexibility index (Phi) is 5.89. The zero-order valence-electron chi connectivity index (χ0n) is 14.1. The first-order valence-electron chi connectivity index (χ1n) is 8.89. The van der Waals surface area contributed by atoms with Gasteiger partial charge in [0, 0.05) is 18.7 Å². The average Bonchev–Trinajstić information content (AvgIpc) is 2.61. The lowest BCUT2D eigenvalue weighted by molar-refractivity contribution is 0.0742. The molecule has 0 atom stereocenters. The fraction of sp³-hybridized carbons (Fsp3) is 0.381. The predicted molar refractivity (Wildman–Crippen MR) is 96.2 cm³/mol. The van der Waals surface area contributed by atoms with E-state index in [1.54, 1.807) is 0 Å². The van der Waals surface area contributed by atoms with Gasteiger partial charge in [0.05, 0.1) is 0 Å². The van der Waals surface area contributed by atoms with Gasteiger partial charge in [-0.25, -0.2) is 0 Å². The molecule has 126 valence electrons. The fourth-order valence-electron chi connectivity index (χ4n) is 3.06. The van der Waals surface area contributed by atoms with E-state index >= 15 is 0 Å². The molecule has 2 aromatic rings. The molecule has 3 nitrogen and oxygen atoms in total. The predicted octanol–water partition coefficient (Wildman–Crippen LogP) is 4.67. The van der Waals surface area contributed by atoms with Crippen LogP contribution in [0.25, 0.3) is 0 Å². The lowest BCUT2D eigenvalue weighted by atomic mass is 10.1. The average molecular weight is 323 g/mol. The third-order valence-corrected chi connectivity index (χ3v) is 4.49. The van der Waals surface area contributed by atoms with Crippen LogP contribution in [0.3, 0.4) is 0 Å². The number of carbonyl (C=O) groups excluding carboxylic acids is 1. The zero-order valence-corrected chi connectivity index (χ0v) is 14.1. The van der Waals surface area contributed by atoms with Gasteiger partial charge in [0.15, 0.2) is 0 Å². The van der Waals surface area contributed by atoms with Crippen molar-refractivity contribution in [3.8, 4) is 5.75 Å². The first-order chi connectivity index (χ1) is 11.8. The van der Waals surface area contributed by atoms with E-state index in [1.165, 1.54) is 19.3 Å². The first-order valence-corrected chi connectivity index (χ1v) is 8.89. The van der Waals surface area contributed by atoms with Crippen LogP contribution in [-0.2, 0) is 6.61 Å². The molecule has 0 saturated carbocycles. The van der Waals surface area contributed by atoms with Crippen LogP contribution in [0.4, 0.5) is 0 Å². The van der Waals surface area contributed by atoms with E-state index in [4.69, 9.17) is 4.74 Å². The Morgan fingerprint density at radius 2 is 1.46 bits per heavy atom. The Morgan fingerprint density at radius 1 is 0.833 bits per heavy atom. The molecule has 0 unspecified atom stereocenters. The number of nitrogens with zero attached hydrogens (tertiary/aromatic N) is 1. The molecular weight excluding hydrogens is 298 g/mol. The van der Waals surface area contributed by atoms with Crippen molar-refractivity contribution >= 4 is 5.91 Å². The Labute approximate surface area is 144 Å². The third kappa shape index (κ3) is 4.60. The van der Waals surface area contributed by atoms with E-state index in [9.17, 15) is 4.79 Å². The summed E-state index contributed by atoms with van der Waals surface area (Å²) in [6, 6.07) is 17.6. The number of likely N-dealkylation sites (tertiary alicyclic amines) is 1. The molecule has 1 aliphatic heterocycles. The SMILES string of the molecule is O=C(c1ccc(COc2ccccc2)cc1)N1CCCCCCC1. The monoisotopic (exact) mass is 323 g/mol. The van der Waals surface area contributed by atoms with Gasteiger partial charge < -0.3 is 9.64 Å². The van der Waals surface area contributed by atoms with Gasteiger partial charge in [-0.1, -0.05) is 49.6 Å². The number of para-hydroxylation sites is 1. The number of ether oxygens (including phenoxy) is 1. The Balaban J connectivity index is 1.57. The minimum absolute atomic E-state index is 0.160. The van der Waals surface area contributed by atoms with E-state index in [0.717, 1.165) is 42.8 Å². The summed E-state index contributed by atoms with van der Waals surface area (Å²) in [5.74, 6) is 1.02. The van der Waals surface area contributed by atoms with Crippen LogP contribution in [0.5, 0.6) is 5.75 Å². The highest BCUT2D eigenvalue weighted by Gasteiger charge is 2.16. The van der Waals surface area contributed by atoms with E-state index in [2.05, 4.69) is 0 Å². The van der Waals surface area contributed by atoms with Crippen LogP contribution in [0.1, 0.15) is 48.0 Å². The van der Waals surface area contributed by atoms with E-state index in [-0.39, 0.29) is 5.91 Å². The molecule has 1 heterocycles. The van der Waals surface area contributed by atoms with Crippen molar-refractivity contribution < 1.29 is 9.53 Å². The van der Waals surface area contributed by atoms with Gasteiger partial charge in [0.1, 0.15) is 12.4 Å². The third-order valence-electron chi connectivity index (χ3n) is 4.49. The van der Waals surface area contributed by atoms with Gasteiger partial charge in [-0.3, -0.25) is 4.79 Å². The van der Waals surface area contributed by atoms with Gasteiger partial charge in [0.2, 0.25) is 0 Å². The minimum atomic E-state index is 0.160. The molecule has 3 rings (SSSR count). The highest BCUT2D eigenvalue weighted by molar-refractivity contribution is 5.94. The Hall–Kier alpha value is -2.29. The summed E-state index contributed by atoms with van der Waals surface area (Å²) in [6.07, 6.45) is 6.01. The normalized spacial score (nSPS) is 15.4. The molecule has 1 aliphatic rings. The second-order valence-electron chi connectivity index (χ2n) is 6.36. The Morgan fingerprint density at radius 3 is 2.12 bits per heavy atom. The topological polar surface area (TPSA) is 29.5 Å². The second kappa shape index (κ2) is 8.53. The Bertz CT molecular complexity index is 629. The molecule has 3 heteroatoms. The summed E-state index contributed by atoms with van der Waals surface area (Å²) >= 11 is 0. The summed E-state index contributed by atoms with van der Waals surface area (Å²) in [7, 11) is 0. The molecule has 1 amide bonds. The number of hydrogen-bond acceptors (Lipinski definition) is 2. The molecular formula is C21H25NO2. The van der Waals surface area contributed by atoms with E-state index in [1.807, 2.05) is 59.5 Å². The number of benzene rings is 2. The van der Waals surface area contributed by atoms with Crippen LogP contribution < -0.4 is 4.74 Å². The van der Waals surface area contributed by atoms with Gasteiger partial charge in [0.25, 0.3) is 5.91 Å². The smallest absolute Gasteiger partial charge is 0.253 e. The molecule has 0 N–H and O–H groups in total. The maximum absolute atomic E-state index is 12.7. The fourth-order valence-corrected chi connectivity index (χ4v) is 3.06. The lowest BCUT2D eigenvalue weighted by Crippen LogP contribution is -2.33. The quantitative estimate of drug-likeness (QED) is 0.818. The lowest BCUT2D eigenvalue weighted by Gasteiger charge is -2.25. The standard InChI is InChI=1S/C21H25NO2/c23-21(22-15-7-2-1-3-8-16-22)19-13-11-18(12-14-19)17-24-20-9-5-4-6-10-20/h4-6,9-14H,1-3,7-8,15-17H2. The van der Waals surface area contributed by atoms with Crippen molar-refractivity contribution in [3.05, 3.63) is 65.7 Å². The van der Waals surface area contributed by atoms with Gasteiger partial charge in [-0.05, 0) is 42.7 Å². The first kappa shape index (κ1) is 16.6. The van der Waals surface area contributed by atoms with Crippen molar-refractivity contribution in [1.29, 1.82) is 0 Å². The van der Waals surface area contributed by atoms with Crippen LogP contribution in [-0.4, -0.2) is 23.9 Å². The van der Waals surface area contributed by atoms with E-state index < -0.39 is 0 Å². The maximum atomic E-state index is 12.7. The summed E-state index contributed by atoms with van der Waals surface area (Å²) in [5, 5.41) is 0. The molecule has 2 aromatic carbocycles. The van der Waals surface area contributed by atoms with Crippen molar-refractivity contribution in [2.45, 2.75) is 38.7 Å². The molecule has 1 fully saturated rings. The summed E-state index contributed by atoms with van der Waals surface area (Å²) in [5.41, 5.74) is 1.85. The van der Waals surface area contributed by atoms with Crippen LogP contribution >= 0.6 is 0 Å². The molecule has 24 heavy (non-hydrogen) atoms. The zero-order chi connectivity index (χ0) is 16.6. The van der Waals surface area contributed by atoms with E-state index in [0.29, 0.717) is 6.61 Å². The molecule has 0 aliphatic carbocycles. The minimum Gasteiger partial charge on any atom is -0.489 e. The molecule has 0 bridgehead atoms. The van der Waals surface area contributed by atoms with Crippen molar-refractivity contribution in [2.24, 2.45) is 0 Å².